The van der Waals surface area contributed by atoms with Crippen LogP contribution in [0.1, 0.15) is 0 Å². The number of thioether (sulfide) groups is 1. The fourth-order valence-electron chi connectivity index (χ4n) is 3.38. The Kier molecular flexibility index (Phi) is 6.85. The molecule has 3 aromatic rings. The van der Waals surface area contributed by atoms with Crippen LogP contribution in [0.3, 0.4) is 0 Å². The molecule has 4 rings (SSSR count). The molecule has 32 heavy (non-hydrogen) atoms. The summed E-state index contributed by atoms with van der Waals surface area (Å²) in [5.41, 5.74) is 0.883. The van der Waals surface area contributed by atoms with Crippen LogP contribution in [0.25, 0.3) is 5.69 Å². The van der Waals surface area contributed by atoms with Crippen molar-refractivity contribution in [1.29, 1.82) is 0 Å². The minimum atomic E-state index is -3.94. The number of hydrogen-bond acceptors (Lipinski definition) is 5. The van der Waals surface area contributed by atoms with Gasteiger partial charge >= 0.3 is 0 Å². The van der Waals surface area contributed by atoms with Crippen molar-refractivity contribution >= 4 is 39.3 Å². The van der Waals surface area contributed by atoms with E-state index in [1.807, 2.05) is 22.9 Å². The molecule has 0 N–H and O–H groups in total. The van der Waals surface area contributed by atoms with Crippen molar-refractivity contribution in [2.24, 2.45) is 0 Å². The van der Waals surface area contributed by atoms with E-state index in [0.717, 1.165) is 11.8 Å². The Labute approximate surface area is 194 Å². The van der Waals surface area contributed by atoms with Crippen molar-refractivity contribution in [1.82, 2.24) is 18.8 Å². The molecule has 1 fully saturated rings. The van der Waals surface area contributed by atoms with Crippen LogP contribution in [-0.4, -0.2) is 65.0 Å². The smallest absolute Gasteiger partial charge is 0.246 e. The normalized spacial score (nSPS) is 15.1. The Balaban J connectivity index is 1.35. The standard InChI is InChI=1S/C21H20ClFN4O3S2/c22-16-5-7-17(8-6-16)27-10-9-24-21(27)31-15-20(28)25-11-13-26(14-12-25)32(29,30)19-4-2-1-3-18(19)23/h1-10H,11-15H2. The highest BCUT2D eigenvalue weighted by Gasteiger charge is 2.31. The van der Waals surface area contributed by atoms with Crippen LogP contribution in [-0.2, 0) is 14.8 Å². The molecular weight excluding hydrogens is 475 g/mol. The molecule has 2 heterocycles. The number of carbonyl (C=O) groups is 1. The summed E-state index contributed by atoms with van der Waals surface area (Å²) in [6, 6.07) is 12.6. The zero-order valence-electron chi connectivity index (χ0n) is 16.9. The number of amides is 1. The highest BCUT2D eigenvalue weighted by molar-refractivity contribution is 7.99. The van der Waals surface area contributed by atoms with Gasteiger partial charge in [-0.3, -0.25) is 9.36 Å². The molecule has 1 amide bonds. The largest absolute Gasteiger partial charge is 0.339 e. The van der Waals surface area contributed by atoms with Crippen molar-refractivity contribution in [3.8, 4) is 5.69 Å². The first kappa shape index (κ1) is 22.8. The van der Waals surface area contributed by atoms with Crippen LogP contribution in [0.5, 0.6) is 0 Å². The van der Waals surface area contributed by atoms with Gasteiger partial charge in [0, 0.05) is 49.3 Å². The molecule has 1 saturated heterocycles. The van der Waals surface area contributed by atoms with Gasteiger partial charge in [-0.25, -0.2) is 17.8 Å². The molecular formula is C21H20ClFN4O3S2. The summed E-state index contributed by atoms with van der Waals surface area (Å²) in [7, 11) is -3.94. The number of hydrogen-bond donors (Lipinski definition) is 0. The van der Waals surface area contributed by atoms with Gasteiger partial charge in [0.1, 0.15) is 10.7 Å². The first-order valence-corrected chi connectivity index (χ1v) is 12.6. The van der Waals surface area contributed by atoms with Crippen LogP contribution >= 0.6 is 23.4 Å². The lowest BCUT2D eigenvalue weighted by atomic mass is 10.3. The molecule has 0 radical (unpaired) electrons. The highest BCUT2D eigenvalue weighted by Crippen LogP contribution is 2.23. The van der Waals surface area contributed by atoms with Gasteiger partial charge in [0.15, 0.2) is 5.16 Å². The number of carbonyl (C=O) groups excluding carboxylic acids is 1. The van der Waals surface area contributed by atoms with Crippen LogP contribution in [0.4, 0.5) is 4.39 Å². The molecule has 7 nitrogen and oxygen atoms in total. The van der Waals surface area contributed by atoms with Crippen LogP contribution in [0, 0.1) is 5.82 Å². The zero-order chi connectivity index (χ0) is 22.7. The van der Waals surface area contributed by atoms with Gasteiger partial charge in [-0.2, -0.15) is 4.31 Å². The van der Waals surface area contributed by atoms with E-state index >= 15 is 0 Å². The van der Waals surface area contributed by atoms with Crippen molar-refractivity contribution < 1.29 is 17.6 Å². The minimum absolute atomic E-state index is 0.108. The summed E-state index contributed by atoms with van der Waals surface area (Å²) in [4.78, 5) is 18.3. The van der Waals surface area contributed by atoms with E-state index in [1.165, 1.54) is 34.3 Å². The second-order valence-corrected chi connectivity index (χ2v) is 10.3. The number of piperazine rings is 1. The average molecular weight is 495 g/mol. The molecule has 1 aliphatic rings. The monoisotopic (exact) mass is 494 g/mol. The van der Waals surface area contributed by atoms with E-state index in [-0.39, 0.29) is 42.7 Å². The first-order chi connectivity index (χ1) is 15.4. The van der Waals surface area contributed by atoms with Crippen LogP contribution in [0.2, 0.25) is 5.02 Å². The Morgan fingerprint density at radius 1 is 1.06 bits per heavy atom. The lowest BCUT2D eigenvalue weighted by Gasteiger charge is -2.34. The lowest BCUT2D eigenvalue weighted by molar-refractivity contribution is -0.129. The topological polar surface area (TPSA) is 75.5 Å². The van der Waals surface area contributed by atoms with Gasteiger partial charge in [-0.1, -0.05) is 35.5 Å². The molecule has 0 unspecified atom stereocenters. The fourth-order valence-corrected chi connectivity index (χ4v) is 5.87. The second-order valence-electron chi connectivity index (χ2n) is 7.06. The highest BCUT2D eigenvalue weighted by atomic mass is 35.5. The molecule has 1 aromatic heterocycles. The van der Waals surface area contributed by atoms with Crippen molar-refractivity contribution in [2.45, 2.75) is 10.1 Å². The van der Waals surface area contributed by atoms with Crippen molar-refractivity contribution in [3.63, 3.8) is 0 Å². The Morgan fingerprint density at radius 3 is 2.44 bits per heavy atom. The minimum Gasteiger partial charge on any atom is -0.339 e. The van der Waals surface area contributed by atoms with E-state index < -0.39 is 15.8 Å². The van der Waals surface area contributed by atoms with E-state index in [0.29, 0.717) is 10.2 Å². The van der Waals surface area contributed by atoms with Crippen LogP contribution in [0.15, 0.2) is 71.0 Å². The molecule has 2 aromatic carbocycles. The summed E-state index contributed by atoms with van der Waals surface area (Å²) in [6.45, 7) is 0.732. The summed E-state index contributed by atoms with van der Waals surface area (Å²) >= 11 is 7.25. The molecule has 0 saturated carbocycles. The third-order valence-corrected chi connectivity index (χ3v) is 8.22. The quantitative estimate of drug-likeness (QED) is 0.491. The van der Waals surface area contributed by atoms with E-state index in [9.17, 15) is 17.6 Å². The Hall–Kier alpha value is -2.40. The molecule has 11 heteroatoms. The molecule has 0 atom stereocenters. The maximum Gasteiger partial charge on any atom is 0.246 e. The van der Waals surface area contributed by atoms with Gasteiger partial charge in [0.05, 0.1) is 5.75 Å². The van der Waals surface area contributed by atoms with E-state index in [1.54, 1.807) is 23.2 Å². The zero-order valence-corrected chi connectivity index (χ0v) is 19.3. The Bertz CT molecular complexity index is 1210. The first-order valence-electron chi connectivity index (χ1n) is 9.81. The molecule has 168 valence electrons. The summed E-state index contributed by atoms with van der Waals surface area (Å²) in [6.07, 6.45) is 3.47. The molecule has 0 bridgehead atoms. The van der Waals surface area contributed by atoms with Crippen molar-refractivity contribution in [2.75, 3.05) is 31.9 Å². The maximum atomic E-state index is 14.0. The van der Waals surface area contributed by atoms with Crippen LogP contribution < -0.4 is 0 Å². The van der Waals surface area contributed by atoms with Gasteiger partial charge in [-0.05, 0) is 36.4 Å². The number of sulfonamides is 1. The maximum absolute atomic E-state index is 14.0. The number of nitrogens with zero attached hydrogens (tertiary/aromatic N) is 4. The van der Waals surface area contributed by atoms with Gasteiger partial charge < -0.3 is 4.90 Å². The Morgan fingerprint density at radius 2 is 1.75 bits per heavy atom. The number of aromatic nitrogens is 2. The lowest BCUT2D eigenvalue weighted by Crippen LogP contribution is -2.51. The summed E-state index contributed by atoms with van der Waals surface area (Å²) < 4.78 is 42.5. The van der Waals surface area contributed by atoms with Crippen molar-refractivity contribution in [3.05, 3.63) is 71.8 Å². The predicted octanol–water partition coefficient (Wildman–Crippen LogP) is 3.29. The average Bonchev–Trinajstić information content (AvgIpc) is 3.27. The third kappa shape index (κ3) is 4.83. The molecule has 0 spiro atoms. The summed E-state index contributed by atoms with van der Waals surface area (Å²) in [5.74, 6) is -0.716. The number of imidazole rings is 1. The third-order valence-electron chi connectivity index (χ3n) is 5.08. The fraction of sp³-hybridized carbons (Fsp3) is 0.238. The number of rotatable bonds is 6. The molecule has 0 aliphatic carbocycles. The van der Waals surface area contributed by atoms with Gasteiger partial charge in [0.25, 0.3) is 0 Å². The van der Waals surface area contributed by atoms with E-state index in [2.05, 4.69) is 4.98 Å². The molecule has 1 aliphatic heterocycles. The number of halogens is 2. The second kappa shape index (κ2) is 9.62. The summed E-state index contributed by atoms with van der Waals surface area (Å²) in [5, 5.41) is 1.30. The SMILES string of the molecule is O=C(CSc1nccn1-c1ccc(Cl)cc1)N1CCN(S(=O)(=O)c2ccccc2F)CC1. The predicted molar refractivity (Wildman–Crippen MR) is 121 cm³/mol. The van der Waals surface area contributed by atoms with Gasteiger partial charge in [-0.15, -0.1) is 0 Å². The van der Waals surface area contributed by atoms with E-state index in [4.69, 9.17) is 11.6 Å². The number of benzene rings is 2. The van der Waals surface area contributed by atoms with Gasteiger partial charge in [0.2, 0.25) is 15.9 Å².